The van der Waals surface area contributed by atoms with Crippen LogP contribution in [0.3, 0.4) is 0 Å². The number of carbonyl (C=O) groups is 1. The van der Waals surface area contributed by atoms with Gasteiger partial charge in [-0.05, 0) is 72.1 Å². The summed E-state index contributed by atoms with van der Waals surface area (Å²) in [6, 6.07) is 25.9. The predicted octanol–water partition coefficient (Wildman–Crippen LogP) is 5.54. The molecule has 1 aromatic heterocycles. The zero-order valence-electron chi connectivity index (χ0n) is 19.8. The number of ether oxygens (including phenoxy) is 2. The van der Waals surface area contributed by atoms with Crippen LogP contribution in [-0.4, -0.2) is 42.2 Å². The molecule has 1 aliphatic heterocycles. The van der Waals surface area contributed by atoms with Gasteiger partial charge < -0.3 is 9.47 Å². The highest BCUT2D eigenvalue weighted by molar-refractivity contribution is 5.89. The molecule has 1 fully saturated rings. The third-order valence-electron chi connectivity index (χ3n) is 6.55. The van der Waals surface area contributed by atoms with E-state index in [9.17, 15) is 4.79 Å². The Morgan fingerprint density at radius 3 is 2.77 bits per heavy atom. The minimum Gasteiger partial charge on any atom is -0.490 e. The molecule has 0 spiro atoms. The number of benzene rings is 3. The van der Waals surface area contributed by atoms with Crippen LogP contribution in [-0.2, 0) is 17.7 Å². The molecule has 178 valence electrons. The molecule has 0 radical (unpaired) electrons. The minimum absolute atomic E-state index is 0.218. The van der Waals surface area contributed by atoms with Crippen molar-refractivity contribution in [2.24, 2.45) is 5.92 Å². The van der Waals surface area contributed by atoms with Crippen molar-refractivity contribution in [2.45, 2.75) is 19.4 Å². The molecule has 1 saturated heterocycles. The molecule has 3 aromatic carbocycles. The third kappa shape index (κ3) is 6.06. The number of hydrogen-bond donors (Lipinski definition) is 0. The number of esters is 1. The maximum absolute atomic E-state index is 12.0. The second-order valence-electron chi connectivity index (χ2n) is 9.11. The van der Waals surface area contributed by atoms with Gasteiger partial charge in [0.2, 0.25) is 0 Å². The summed E-state index contributed by atoms with van der Waals surface area (Å²) in [5.41, 5.74) is 3.21. The fourth-order valence-corrected chi connectivity index (χ4v) is 4.84. The maximum atomic E-state index is 12.0. The fourth-order valence-electron chi connectivity index (χ4n) is 4.84. The van der Waals surface area contributed by atoms with E-state index in [1.54, 1.807) is 12.1 Å². The summed E-state index contributed by atoms with van der Waals surface area (Å²) in [4.78, 5) is 18.8. The molecule has 5 heteroatoms. The second-order valence-corrected chi connectivity index (χ2v) is 9.11. The van der Waals surface area contributed by atoms with Crippen LogP contribution in [0.4, 0.5) is 0 Å². The van der Waals surface area contributed by atoms with Gasteiger partial charge in [0.1, 0.15) is 19.0 Å². The number of carbonyl (C=O) groups excluding carboxylic acids is 1. The van der Waals surface area contributed by atoms with E-state index in [-0.39, 0.29) is 12.6 Å². The molecule has 0 saturated carbocycles. The first-order valence-electron chi connectivity index (χ1n) is 12.2. The fraction of sp³-hybridized carbons (Fsp3) is 0.267. The minimum atomic E-state index is -0.327. The standard InChI is InChI=1S/C30H30N2O3/c33-30(25-7-2-1-3-8-25)35-17-16-34-28-11-4-6-23(19-28)21-32-15-13-24(22-32)18-26-9-5-10-27-20-31-14-12-29(26)27/h1-12,14,19-20,24H,13,15-18,21-22H2/t24-/m0/s1. The van der Waals surface area contributed by atoms with Gasteiger partial charge in [-0.15, -0.1) is 0 Å². The topological polar surface area (TPSA) is 51.7 Å². The van der Waals surface area contributed by atoms with Gasteiger partial charge in [-0.2, -0.15) is 0 Å². The number of pyridine rings is 1. The van der Waals surface area contributed by atoms with Crippen LogP contribution in [0.5, 0.6) is 5.75 Å². The van der Waals surface area contributed by atoms with E-state index >= 15 is 0 Å². The lowest BCUT2D eigenvalue weighted by atomic mass is 9.95. The van der Waals surface area contributed by atoms with Crippen LogP contribution in [0.25, 0.3) is 10.8 Å². The molecule has 0 N–H and O–H groups in total. The number of aromatic nitrogens is 1. The molecule has 0 unspecified atom stereocenters. The van der Waals surface area contributed by atoms with Crippen molar-refractivity contribution in [3.05, 3.63) is 108 Å². The quantitative estimate of drug-likeness (QED) is 0.240. The molecule has 5 rings (SSSR count). The monoisotopic (exact) mass is 466 g/mol. The smallest absolute Gasteiger partial charge is 0.338 e. The summed E-state index contributed by atoms with van der Waals surface area (Å²) in [6.07, 6.45) is 6.14. The van der Waals surface area contributed by atoms with Crippen molar-refractivity contribution in [3.63, 3.8) is 0 Å². The first kappa shape index (κ1) is 23.1. The molecule has 35 heavy (non-hydrogen) atoms. The Kier molecular flexibility index (Phi) is 7.35. The zero-order valence-corrected chi connectivity index (χ0v) is 19.8. The number of nitrogens with zero attached hydrogens (tertiary/aromatic N) is 2. The molecule has 1 aliphatic rings. The lowest BCUT2D eigenvalue weighted by Gasteiger charge is -2.17. The average molecular weight is 467 g/mol. The highest BCUT2D eigenvalue weighted by Crippen LogP contribution is 2.27. The van der Waals surface area contributed by atoms with Crippen LogP contribution >= 0.6 is 0 Å². The Balaban J connectivity index is 1.09. The lowest BCUT2D eigenvalue weighted by Crippen LogP contribution is -2.20. The van der Waals surface area contributed by atoms with Crippen LogP contribution in [0.1, 0.15) is 27.9 Å². The van der Waals surface area contributed by atoms with Gasteiger partial charge in [-0.25, -0.2) is 4.79 Å². The summed E-state index contributed by atoms with van der Waals surface area (Å²) >= 11 is 0. The highest BCUT2D eigenvalue weighted by Gasteiger charge is 2.23. The van der Waals surface area contributed by atoms with E-state index in [2.05, 4.69) is 46.3 Å². The molecule has 2 heterocycles. The van der Waals surface area contributed by atoms with E-state index < -0.39 is 0 Å². The van der Waals surface area contributed by atoms with E-state index in [1.807, 2.05) is 42.7 Å². The molecular formula is C30H30N2O3. The van der Waals surface area contributed by atoms with Crippen LogP contribution < -0.4 is 4.74 Å². The molecule has 0 bridgehead atoms. The van der Waals surface area contributed by atoms with E-state index in [1.165, 1.54) is 28.3 Å². The summed E-state index contributed by atoms with van der Waals surface area (Å²) in [5.74, 6) is 1.14. The van der Waals surface area contributed by atoms with Crippen molar-refractivity contribution >= 4 is 16.7 Å². The van der Waals surface area contributed by atoms with Crippen molar-refractivity contribution in [2.75, 3.05) is 26.3 Å². The molecular weight excluding hydrogens is 436 g/mol. The lowest BCUT2D eigenvalue weighted by molar-refractivity contribution is 0.0450. The van der Waals surface area contributed by atoms with Gasteiger partial charge in [0.25, 0.3) is 0 Å². The van der Waals surface area contributed by atoms with Gasteiger partial charge >= 0.3 is 5.97 Å². The van der Waals surface area contributed by atoms with Crippen molar-refractivity contribution < 1.29 is 14.3 Å². The summed E-state index contributed by atoms with van der Waals surface area (Å²) in [7, 11) is 0. The zero-order chi connectivity index (χ0) is 23.9. The number of rotatable bonds is 9. The van der Waals surface area contributed by atoms with Crippen molar-refractivity contribution in [3.8, 4) is 5.75 Å². The highest BCUT2D eigenvalue weighted by atomic mass is 16.6. The predicted molar refractivity (Wildman–Crippen MR) is 137 cm³/mol. The molecule has 0 aliphatic carbocycles. The van der Waals surface area contributed by atoms with Gasteiger partial charge in [-0.1, -0.05) is 48.5 Å². The number of hydrogen-bond acceptors (Lipinski definition) is 5. The Labute approximate surface area is 206 Å². The number of fused-ring (bicyclic) bond motifs is 1. The molecule has 1 atom stereocenters. The first-order chi connectivity index (χ1) is 17.2. The molecule has 0 amide bonds. The third-order valence-corrected chi connectivity index (χ3v) is 6.55. The van der Waals surface area contributed by atoms with Crippen LogP contribution in [0, 0.1) is 5.92 Å². The Morgan fingerprint density at radius 2 is 1.86 bits per heavy atom. The normalized spacial score (nSPS) is 15.8. The van der Waals surface area contributed by atoms with Crippen LogP contribution in [0.15, 0.2) is 91.3 Å². The van der Waals surface area contributed by atoms with E-state index in [4.69, 9.17) is 9.47 Å². The van der Waals surface area contributed by atoms with Gasteiger partial charge in [-0.3, -0.25) is 9.88 Å². The Morgan fingerprint density at radius 1 is 0.971 bits per heavy atom. The van der Waals surface area contributed by atoms with Gasteiger partial charge in [0.05, 0.1) is 5.56 Å². The van der Waals surface area contributed by atoms with E-state index in [0.717, 1.165) is 31.8 Å². The molecule has 4 aromatic rings. The Bertz CT molecular complexity index is 1270. The Hall–Kier alpha value is -3.70. The summed E-state index contributed by atoms with van der Waals surface area (Å²) in [5, 5.41) is 2.53. The maximum Gasteiger partial charge on any atom is 0.338 e. The summed E-state index contributed by atoms with van der Waals surface area (Å²) in [6.45, 7) is 3.67. The largest absolute Gasteiger partial charge is 0.490 e. The van der Waals surface area contributed by atoms with Gasteiger partial charge in [0.15, 0.2) is 0 Å². The van der Waals surface area contributed by atoms with Gasteiger partial charge in [0, 0.05) is 30.9 Å². The molecule has 5 nitrogen and oxygen atoms in total. The van der Waals surface area contributed by atoms with Crippen molar-refractivity contribution in [1.82, 2.24) is 9.88 Å². The first-order valence-corrected chi connectivity index (χ1v) is 12.2. The summed E-state index contributed by atoms with van der Waals surface area (Å²) < 4.78 is 11.1. The average Bonchev–Trinajstić information content (AvgIpc) is 3.34. The number of likely N-dealkylation sites (tertiary alicyclic amines) is 1. The second kappa shape index (κ2) is 11.2. The van der Waals surface area contributed by atoms with E-state index in [0.29, 0.717) is 18.1 Å². The SMILES string of the molecule is O=C(OCCOc1cccc(CN2CC[C@@H](Cc3cccc4cnccc34)C2)c1)c1ccccc1. The van der Waals surface area contributed by atoms with Crippen LogP contribution in [0.2, 0.25) is 0 Å². The van der Waals surface area contributed by atoms with Crippen molar-refractivity contribution in [1.29, 1.82) is 0 Å².